The largest absolute Gasteiger partial charge is 0.376 e. The van der Waals surface area contributed by atoms with E-state index in [4.69, 9.17) is 33.1 Å². The number of benzene rings is 5. The molecule has 0 saturated carbocycles. The highest BCUT2D eigenvalue weighted by molar-refractivity contribution is 5.95. The number of nitrogens with two attached hydrogens (primary N) is 1. The molecular weight excluding hydrogens is 1650 g/mol. The maximum Gasteiger partial charge on any atom is 0.289 e. The lowest BCUT2D eigenvalue weighted by molar-refractivity contribution is 0.0639. The molecule has 43 heteroatoms. The van der Waals surface area contributed by atoms with Crippen molar-refractivity contribution < 1.29 is 95.2 Å². The van der Waals surface area contributed by atoms with Crippen LogP contribution in [0.1, 0.15) is 78.8 Å². The van der Waals surface area contributed by atoms with Gasteiger partial charge in [0.25, 0.3) is 29.5 Å². The third kappa shape index (κ3) is 18.9. The second kappa shape index (κ2) is 38.0. The van der Waals surface area contributed by atoms with Crippen molar-refractivity contribution in [2.75, 3.05) is 46.9 Å². The van der Waals surface area contributed by atoms with Gasteiger partial charge in [0, 0.05) is 71.4 Å². The highest BCUT2D eigenvalue weighted by atomic mass is 19.2. The Balaban J connectivity index is 0.000000127. The number of hydrogen-bond donors (Lipinski definition) is 8. The number of rotatable bonds is 21. The number of likely N-dealkylation sites (tertiary alicyclic amines) is 1. The highest BCUT2D eigenvalue weighted by Crippen LogP contribution is 2.39. The van der Waals surface area contributed by atoms with Crippen LogP contribution in [0.3, 0.4) is 0 Å². The van der Waals surface area contributed by atoms with E-state index in [0.29, 0.717) is 89.1 Å². The minimum atomic E-state index is -1.04. The van der Waals surface area contributed by atoms with Gasteiger partial charge in [-0.25, -0.2) is 73.8 Å². The number of aromatic amines is 5. The van der Waals surface area contributed by atoms with Gasteiger partial charge >= 0.3 is 0 Å². The van der Waals surface area contributed by atoms with E-state index in [0.717, 1.165) is 62.6 Å². The maximum atomic E-state index is 14.1. The summed E-state index contributed by atoms with van der Waals surface area (Å²) in [5, 5.41) is 23.8. The van der Waals surface area contributed by atoms with E-state index in [1.807, 2.05) is 10.8 Å². The molecule has 18 rings (SSSR count). The molecule has 634 valence electrons. The number of imidazole rings is 6. The smallest absolute Gasteiger partial charge is 0.289 e. The molecule has 16 aromatic rings. The van der Waals surface area contributed by atoms with E-state index < -0.39 is 64.1 Å². The van der Waals surface area contributed by atoms with Gasteiger partial charge in [-0.2, -0.15) is 0 Å². The summed E-state index contributed by atoms with van der Waals surface area (Å²) in [4.78, 5) is 101. The molecule has 9 N–H and O–H groups in total. The van der Waals surface area contributed by atoms with Gasteiger partial charge in [0.2, 0.25) is 0 Å². The predicted molar refractivity (Wildman–Crippen MR) is 415 cm³/mol. The number of H-pyrrole nitrogens is 5. The molecule has 33 nitrogen and oxygen atoms in total. The van der Waals surface area contributed by atoms with E-state index in [9.17, 15) is 67.9 Å². The molecular formula is C81H64F10N22O11. The number of primary amides is 1. The molecule has 11 aromatic heterocycles. The molecule has 0 radical (unpaired) electrons. The number of halogens is 10. The fourth-order valence-corrected chi connectivity index (χ4v) is 12.3. The minimum absolute atomic E-state index is 0.0176. The normalized spacial score (nSPS) is 12.7. The highest BCUT2D eigenvalue weighted by Gasteiger charge is 2.30. The quantitative estimate of drug-likeness (QED) is 0.0245. The van der Waals surface area contributed by atoms with E-state index in [2.05, 4.69) is 91.2 Å². The van der Waals surface area contributed by atoms with E-state index in [1.165, 1.54) is 128 Å². The van der Waals surface area contributed by atoms with Gasteiger partial charge in [-0.1, -0.05) is 56.1 Å². The number of carbonyl (C=O) groups excluding carboxylic acids is 5. The standard InChI is InChI=1S/C19H16F2N6O2.C18H16F2N4O3.C16H12F2N4O2.C15H12F2N4O2.C13H8F2N4O2/c20-14-4-1-3-12(16(14)21)17-13(9-25-29-17)15-10-24-18(26-15)19(28)23-5-2-7-27-8-6-22-11-27;19-13-5-1-4-11(15(13)20)16-12(8-23-27-16)14-9-21-17(24-14)18(25)22-7-10-3-2-6-26-10;17-11-4-1-3-9(13(11)18)14-10(7-20-24-14)12-8-19-15(21-12)16(23)22-5-2-6-22;1-21(2)15(22)14-18-7-11(20-14)9-6-19-23-13(9)8-4-3-5-10(16)12(8)17;14-8-3-1-2-6(10(8)15)11-7(5-21-19-11)9-4-17-13(18-9)12(16)20/h1,3-4,6,8-11H,2,5,7H2,(H,23,28)(H,24,26);1,4-5,8-10H,2-3,6-7H2,(H,21,24)(H,22,25);1,3-4,7-8H,2,5-6H2,(H,19,21);3-7H,1-2H3,(H,18,20);1-5H,(H2,16,20)(H,17,18)/t;10-;;;/m.0.../s1. The first kappa shape index (κ1) is 84.5. The van der Waals surface area contributed by atoms with Gasteiger partial charge in [0.1, 0.15) is 12.0 Å². The average molecular weight is 1710 g/mol. The van der Waals surface area contributed by atoms with Crippen molar-refractivity contribution in [3.05, 3.63) is 259 Å². The summed E-state index contributed by atoms with van der Waals surface area (Å²) in [6.45, 7) is 3.72. The Hall–Kier alpha value is -16.0. The van der Waals surface area contributed by atoms with Gasteiger partial charge in [0.05, 0.1) is 147 Å². The molecule has 0 spiro atoms. The zero-order valence-corrected chi connectivity index (χ0v) is 64.4. The Kier molecular flexibility index (Phi) is 25.9. The Morgan fingerprint density at radius 1 is 0.476 bits per heavy atom. The second-order valence-electron chi connectivity index (χ2n) is 27.1. The van der Waals surface area contributed by atoms with Crippen LogP contribution in [-0.4, -0.2) is 177 Å². The molecule has 0 bridgehead atoms. The van der Waals surface area contributed by atoms with E-state index >= 15 is 0 Å². The summed E-state index contributed by atoms with van der Waals surface area (Å²) < 4.78 is 170. The Morgan fingerprint density at radius 3 is 1.27 bits per heavy atom. The summed E-state index contributed by atoms with van der Waals surface area (Å²) in [6.07, 6.45) is 22.5. The molecule has 124 heavy (non-hydrogen) atoms. The van der Waals surface area contributed by atoms with E-state index in [-0.39, 0.29) is 115 Å². The van der Waals surface area contributed by atoms with Crippen molar-refractivity contribution in [3.8, 4) is 113 Å². The molecule has 0 unspecified atom stereocenters. The van der Waals surface area contributed by atoms with Crippen molar-refractivity contribution in [1.82, 2.24) is 106 Å². The summed E-state index contributed by atoms with van der Waals surface area (Å²) in [5.74, 6) is -11.5. The zero-order valence-electron chi connectivity index (χ0n) is 64.4. The lowest BCUT2D eigenvalue weighted by Crippen LogP contribution is -2.42. The summed E-state index contributed by atoms with van der Waals surface area (Å²) in [7, 11) is 3.19. The van der Waals surface area contributed by atoms with Crippen molar-refractivity contribution in [3.63, 3.8) is 0 Å². The molecule has 5 aromatic carbocycles. The SMILES string of the molecule is CN(C)C(=O)c1ncc(-c2cnoc2-c2cccc(F)c2F)[nH]1.NC(=O)c1ncc(-c2conc2-c2cccc(F)c2F)[nH]1.O=C(NCCCn1ccnc1)c1ncc(-c2cnoc2-c2cccc(F)c2F)[nH]1.O=C(NC[C@@H]1CCCO1)c1ncc(-c2cnoc2-c2cccc(F)c2F)[nH]1.O=C(c1ncc(-c2cnoc2-c2cccc(F)c2F)[nH]1)N1CCC1. The number of aryl methyl sites for hydroxylation is 1. The molecule has 1 atom stereocenters. The maximum absolute atomic E-state index is 14.1. The van der Waals surface area contributed by atoms with Crippen LogP contribution in [0.15, 0.2) is 194 Å². The van der Waals surface area contributed by atoms with Crippen LogP contribution in [0.25, 0.3) is 113 Å². The monoisotopic (exact) mass is 1710 g/mol. The van der Waals surface area contributed by atoms with Crippen molar-refractivity contribution in [2.24, 2.45) is 5.73 Å². The van der Waals surface area contributed by atoms with Crippen LogP contribution in [0.2, 0.25) is 0 Å². The first-order chi connectivity index (χ1) is 60.0. The van der Waals surface area contributed by atoms with Crippen LogP contribution in [0, 0.1) is 58.2 Å². The number of amides is 5. The average Bonchev–Trinajstić information content (AvgIpc) is 1.66. The number of aromatic nitrogens is 17. The van der Waals surface area contributed by atoms with Gasteiger partial charge in [-0.15, -0.1) is 0 Å². The Bertz CT molecular complexity index is 6470. The lowest BCUT2D eigenvalue weighted by atomic mass is 10.1. The first-order valence-corrected chi connectivity index (χ1v) is 37.1. The Labute approximate surface area is 690 Å². The third-order valence-corrected chi connectivity index (χ3v) is 18.7. The second-order valence-corrected chi connectivity index (χ2v) is 27.1. The van der Waals surface area contributed by atoms with Gasteiger partial charge in [-0.3, -0.25) is 24.0 Å². The molecule has 2 fully saturated rings. The molecule has 0 aliphatic carbocycles. The summed E-state index contributed by atoms with van der Waals surface area (Å²) in [5.41, 5.74) is 8.71. The number of ether oxygens (including phenoxy) is 1. The van der Waals surface area contributed by atoms with Gasteiger partial charge in [-0.05, 0) is 86.3 Å². The lowest BCUT2D eigenvalue weighted by Gasteiger charge is -2.29. The molecule has 2 saturated heterocycles. The summed E-state index contributed by atoms with van der Waals surface area (Å²) >= 11 is 0. The van der Waals surface area contributed by atoms with Crippen LogP contribution >= 0.6 is 0 Å². The van der Waals surface area contributed by atoms with Crippen molar-refractivity contribution in [2.45, 2.75) is 38.3 Å². The van der Waals surface area contributed by atoms with Crippen LogP contribution < -0.4 is 16.4 Å². The van der Waals surface area contributed by atoms with Gasteiger partial charge in [0.15, 0.2) is 110 Å². The molecule has 13 heterocycles. The molecule has 2 aliphatic rings. The van der Waals surface area contributed by atoms with Gasteiger partial charge < -0.3 is 83.0 Å². The number of nitrogens with one attached hydrogen (secondary N) is 7. The number of hydrogen-bond acceptors (Lipinski definition) is 22. The third-order valence-electron chi connectivity index (χ3n) is 18.7. The van der Waals surface area contributed by atoms with Crippen LogP contribution in [0.4, 0.5) is 43.9 Å². The number of carbonyl (C=O) groups is 5. The summed E-state index contributed by atoms with van der Waals surface area (Å²) in [6, 6.07) is 18.8. The van der Waals surface area contributed by atoms with Crippen LogP contribution in [0.5, 0.6) is 0 Å². The molecule has 2 aliphatic heterocycles. The fraction of sp³-hybridized carbons (Fsp3) is 0.160. The first-order valence-electron chi connectivity index (χ1n) is 37.1. The number of nitrogens with zero attached hydrogens (tertiary/aromatic N) is 14. The fourth-order valence-electron chi connectivity index (χ4n) is 12.3. The van der Waals surface area contributed by atoms with Crippen molar-refractivity contribution >= 4 is 29.5 Å². The minimum Gasteiger partial charge on any atom is -0.376 e. The van der Waals surface area contributed by atoms with Crippen LogP contribution in [-0.2, 0) is 11.3 Å². The zero-order chi connectivity index (χ0) is 87.2. The van der Waals surface area contributed by atoms with Crippen molar-refractivity contribution in [1.29, 1.82) is 0 Å². The molecule has 5 amide bonds. The topological polar surface area (TPSA) is 443 Å². The predicted octanol–water partition coefficient (Wildman–Crippen LogP) is 13.6. The Morgan fingerprint density at radius 2 is 0.871 bits per heavy atom. The van der Waals surface area contributed by atoms with E-state index in [1.54, 1.807) is 31.5 Å².